The van der Waals surface area contributed by atoms with Crippen LogP contribution in [0.2, 0.25) is 0 Å². The predicted molar refractivity (Wildman–Crippen MR) is 102 cm³/mol. The number of carbonyl (C=O) groups excluding carboxylic acids is 2. The van der Waals surface area contributed by atoms with Crippen LogP contribution >= 0.6 is 27.5 Å². The summed E-state index contributed by atoms with van der Waals surface area (Å²) in [6.45, 7) is 0. The van der Waals surface area contributed by atoms with E-state index in [0.717, 1.165) is 35.7 Å². The van der Waals surface area contributed by atoms with Crippen LogP contribution in [-0.4, -0.2) is 28.1 Å². The van der Waals surface area contributed by atoms with Crippen molar-refractivity contribution in [1.29, 1.82) is 0 Å². The molecule has 0 radical (unpaired) electrons. The fourth-order valence-corrected chi connectivity index (χ4v) is 7.45. The minimum Gasteiger partial charge on any atom is -0.369 e. The average Bonchev–Trinajstić information content (AvgIpc) is 2.59. The zero-order valence-corrected chi connectivity index (χ0v) is 16.7. The number of hydrogen-bond donors (Lipinski definition) is 1. The molecule has 4 nitrogen and oxygen atoms in total. The lowest BCUT2D eigenvalue weighted by atomic mass is 9.46. The second-order valence-electron chi connectivity index (χ2n) is 8.72. The molecule has 6 heteroatoms. The summed E-state index contributed by atoms with van der Waals surface area (Å²) in [7, 11) is 0. The van der Waals surface area contributed by atoms with E-state index in [4.69, 9.17) is 17.3 Å². The maximum Gasteiger partial charge on any atom is 0.243 e. The number of nitrogens with two attached hydrogens (primary N) is 1. The van der Waals surface area contributed by atoms with Crippen molar-refractivity contribution < 1.29 is 9.59 Å². The van der Waals surface area contributed by atoms with Gasteiger partial charge in [0.05, 0.1) is 11.5 Å². The second-order valence-corrected chi connectivity index (χ2v) is 10.1. The van der Waals surface area contributed by atoms with Crippen LogP contribution in [0.15, 0.2) is 28.7 Å². The lowest BCUT2D eigenvalue weighted by molar-refractivity contribution is -0.185. The molecule has 1 heterocycles. The number of halogens is 2. The van der Waals surface area contributed by atoms with Crippen LogP contribution in [0.3, 0.4) is 0 Å². The molecule has 2 amide bonds. The molecule has 4 saturated carbocycles. The van der Waals surface area contributed by atoms with Crippen molar-refractivity contribution >= 4 is 39.3 Å². The SMILES string of the molecule is NC(=O)C12CC3CC(CC(C3)C1N1C(=O)C(Cl)C1c1cccc(Br)c1)C2. The van der Waals surface area contributed by atoms with E-state index in [2.05, 4.69) is 15.9 Å². The Morgan fingerprint density at radius 3 is 2.54 bits per heavy atom. The second kappa shape index (κ2) is 5.71. The number of rotatable bonds is 3. The van der Waals surface area contributed by atoms with Gasteiger partial charge in [-0.1, -0.05) is 28.1 Å². The standard InChI is InChI=1S/C20H22BrClN2O2/c21-14-3-1-2-12(7-14)16-15(22)18(25)24(16)17-13-5-10-4-11(6-13)9-20(17,8-10)19(23)26/h1-3,7,10-11,13,15-17H,4-6,8-9H2,(H2,23,26). The van der Waals surface area contributed by atoms with Crippen LogP contribution in [0.25, 0.3) is 0 Å². The summed E-state index contributed by atoms with van der Waals surface area (Å²) in [6.07, 6.45) is 5.11. The number of primary amides is 1. The highest BCUT2D eigenvalue weighted by Gasteiger charge is 2.66. The molecule has 4 aliphatic carbocycles. The van der Waals surface area contributed by atoms with Gasteiger partial charge in [-0.2, -0.15) is 0 Å². The molecular weight excluding hydrogens is 416 g/mol. The minimum absolute atomic E-state index is 0.0465. The molecule has 1 aliphatic heterocycles. The molecule has 1 saturated heterocycles. The predicted octanol–water partition coefficient (Wildman–Crippen LogP) is 3.62. The van der Waals surface area contributed by atoms with Crippen molar-refractivity contribution in [3.63, 3.8) is 0 Å². The molecule has 5 atom stereocenters. The number of likely N-dealkylation sites (tertiary alicyclic amines) is 1. The maximum atomic E-state index is 12.8. The van der Waals surface area contributed by atoms with E-state index in [9.17, 15) is 9.59 Å². The molecule has 5 unspecified atom stereocenters. The van der Waals surface area contributed by atoms with Crippen LogP contribution in [0.4, 0.5) is 0 Å². The molecule has 5 fully saturated rings. The first-order valence-electron chi connectivity index (χ1n) is 9.42. The van der Waals surface area contributed by atoms with Gasteiger partial charge in [0.1, 0.15) is 5.38 Å². The Balaban J connectivity index is 1.57. The summed E-state index contributed by atoms with van der Waals surface area (Å²) in [5.74, 6) is 1.28. The molecule has 5 aliphatic rings. The molecule has 1 aromatic carbocycles. The van der Waals surface area contributed by atoms with Gasteiger partial charge in [0, 0.05) is 10.5 Å². The van der Waals surface area contributed by atoms with Crippen molar-refractivity contribution in [1.82, 2.24) is 4.90 Å². The van der Waals surface area contributed by atoms with Gasteiger partial charge in [-0.05, 0) is 67.6 Å². The minimum atomic E-state index is -0.564. The largest absolute Gasteiger partial charge is 0.369 e. The lowest BCUT2D eigenvalue weighted by Crippen LogP contribution is -2.72. The van der Waals surface area contributed by atoms with Crippen LogP contribution in [-0.2, 0) is 9.59 Å². The van der Waals surface area contributed by atoms with Gasteiger partial charge >= 0.3 is 0 Å². The Morgan fingerprint density at radius 2 is 1.92 bits per heavy atom. The molecule has 4 bridgehead atoms. The molecule has 26 heavy (non-hydrogen) atoms. The maximum absolute atomic E-state index is 12.8. The zero-order valence-electron chi connectivity index (χ0n) is 14.4. The Hall–Kier alpha value is -1.07. The third-order valence-corrected chi connectivity index (χ3v) is 8.22. The quantitative estimate of drug-likeness (QED) is 0.580. The topological polar surface area (TPSA) is 63.4 Å². The van der Waals surface area contributed by atoms with E-state index < -0.39 is 10.8 Å². The van der Waals surface area contributed by atoms with E-state index in [1.165, 1.54) is 6.42 Å². The van der Waals surface area contributed by atoms with E-state index in [1.54, 1.807) is 0 Å². The van der Waals surface area contributed by atoms with E-state index in [1.807, 2.05) is 29.2 Å². The van der Waals surface area contributed by atoms with Crippen LogP contribution in [0.5, 0.6) is 0 Å². The van der Waals surface area contributed by atoms with Crippen LogP contribution in [0.1, 0.15) is 43.7 Å². The molecule has 2 N–H and O–H groups in total. The van der Waals surface area contributed by atoms with E-state index in [-0.39, 0.29) is 23.9 Å². The Morgan fingerprint density at radius 1 is 1.23 bits per heavy atom. The Kier molecular flexibility index (Phi) is 3.75. The highest BCUT2D eigenvalue weighted by molar-refractivity contribution is 9.10. The molecule has 0 aromatic heterocycles. The van der Waals surface area contributed by atoms with Crippen LogP contribution < -0.4 is 5.73 Å². The summed E-state index contributed by atoms with van der Waals surface area (Å²) < 4.78 is 0.966. The smallest absolute Gasteiger partial charge is 0.243 e. The van der Waals surface area contributed by atoms with Gasteiger partial charge in [0.2, 0.25) is 11.8 Å². The zero-order chi connectivity index (χ0) is 18.2. The first-order valence-corrected chi connectivity index (χ1v) is 10.7. The van der Waals surface area contributed by atoms with Crippen LogP contribution in [0, 0.1) is 23.2 Å². The number of alkyl halides is 1. The fraction of sp³-hybridized carbons (Fsp3) is 0.600. The summed E-state index contributed by atoms with van der Waals surface area (Å²) >= 11 is 9.97. The first-order chi connectivity index (χ1) is 12.4. The number of carbonyl (C=O) groups is 2. The van der Waals surface area contributed by atoms with Crippen molar-refractivity contribution in [2.75, 3.05) is 0 Å². The van der Waals surface area contributed by atoms with E-state index >= 15 is 0 Å². The molecule has 0 spiro atoms. The molecule has 6 rings (SSSR count). The van der Waals surface area contributed by atoms with Gasteiger partial charge in [-0.3, -0.25) is 9.59 Å². The highest BCUT2D eigenvalue weighted by Crippen LogP contribution is 2.63. The summed E-state index contributed by atoms with van der Waals surface area (Å²) in [6, 6.07) is 7.68. The lowest BCUT2D eigenvalue weighted by Gasteiger charge is -2.65. The third-order valence-electron chi connectivity index (χ3n) is 7.31. The van der Waals surface area contributed by atoms with E-state index in [0.29, 0.717) is 17.8 Å². The monoisotopic (exact) mass is 436 g/mol. The Labute approximate surface area is 166 Å². The van der Waals surface area contributed by atoms with Gasteiger partial charge < -0.3 is 10.6 Å². The first kappa shape index (κ1) is 17.1. The molecule has 138 valence electrons. The van der Waals surface area contributed by atoms with Gasteiger partial charge in [-0.25, -0.2) is 0 Å². The van der Waals surface area contributed by atoms with Gasteiger partial charge in [0.15, 0.2) is 0 Å². The van der Waals surface area contributed by atoms with Gasteiger partial charge in [-0.15, -0.1) is 11.6 Å². The molecular formula is C20H22BrClN2O2. The highest BCUT2D eigenvalue weighted by atomic mass is 79.9. The van der Waals surface area contributed by atoms with Crippen molar-refractivity contribution in [3.8, 4) is 0 Å². The van der Waals surface area contributed by atoms with Crippen molar-refractivity contribution in [3.05, 3.63) is 34.3 Å². The van der Waals surface area contributed by atoms with Crippen molar-refractivity contribution in [2.45, 2.75) is 49.6 Å². The summed E-state index contributed by atoms with van der Waals surface area (Å²) in [4.78, 5) is 27.4. The Bertz CT molecular complexity index is 786. The number of hydrogen-bond acceptors (Lipinski definition) is 2. The average molecular weight is 438 g/mol. The normalized spacial score (nSPS) is 43.5. The fourth-order valence-electron chi connectivity index (χ4n) is 6.66. The number of β-lactam (4-membered cyclic amide) rings is 1. The van der Waals surface area contributed by atoms with Crippen molar-refractivity contribution in [2.24, 2.45) is 28.9 Å². The molecule has 1 aromatic rings. The summed E-state index contributed by atoms with van der Waals surface area (Å²) in [5.41, 5.74) is 6.43. The third kappa shape index (κ3) is 2.19. The number of nitrogens with zero attached hydrogens (tertiary/aromatic N) is 1. The summed E-state index contributed by atoms with van der Waals surface area (Å²) in [5, 5.41) is -0.564. The number of amides is 2. The number of benzene rings is 1. The van der Waals surface area contributed by atoms with Gasteiger partial charge in [0.25, 0.3) is 0 Å².